The molecule has 0 aromatic heterocycles. The molecule has 2 nitrogen and oxygen atoms in total. The van der Waals surface area contributed by atoms with E-state index in [1.165, 1.54) is 43.2 Å². The first-order chi connectivity index (χ1) is 8.36. The van der Waals surface area contributed by atoms with Crippen LogP contribution in [0.4, 0.5) is 0 Å². The highest BCUT2D eigenvalue weighted by molar-refractivity contribution is 5.80. The topological polar surface area (TPSA) is 27.1 Å². The maximum atomic E-state index is 8.15. The zero-order valence-corrected chi connectivity index (χ0v) is 10.3. The normalized spacial score (nSPS) is 24.6. The monoisotopic (exact) mass is 228 g/mol. The van der Waals surface area contributed by atoms with Gasteiger partial charge >= 0.3 is 0 Å². The summed E-state index contributed by atoms with van der Waals surface area (Å²) in [5, 5.41) is 8.15. The van der Waals surface area contributed by atoms with E-state index in [0.717, 1.165) is 18.8 Å². The molecule has 3 rings (SSSR count). The van der Waals surface area contributed by atoms with Gasteiger partial charge in [-0.3, -0.25) is 5.41 Å². The zero-order chi connectivity index (χ0) is 11.7. The molecule has 1 aliphatic heterocycles. The predicted octanol–water partition coefficient (Wildman–Crippen LogP) is 3.53. The lowest BCUT2D eigenvalue weighted by molar-refractivity contribution is 0.257. The van der Waals surface area contributed by atoms with Crippen LogP contribution in [0.25, 0.3) is 0 Å². The number of rotatable bonds is 1. The number of hydrogen-bond acceptors (Lipinski definition) is 1. The van der Waals surface area contributed by atoms with Crippen LogP contribution < -0.4 is 0 Å². The van der Waals surface area contributed by atoms with Gasteiger partial charge < -0.3 is 4.90 Å². The molecule has 1 saturated heterocycles. The van der Waals surface area contributed by atoms with Gasteiger partial charge in [0, 0.05) is 13.0 Å². The summed E-state index contributed by atoms with van der Waals surface area (Å²) < 4.78 is 0. The van der Waals surface area contributed by atoms with Gasteiger partial charge in [-0.1, -0.05) is 24.3 Å². The Labute approximate surface area is 103 Å². The number of nitrogens with one attached hydrogen (secondary N) is 1. The Morgan fingerprint density at radius 3 is 2.82 bits per heavy atom. The summed E-state index contributed by atoms with van der Waals surface area (Å²) in [5.74, 6) is 0.859. The Bertz CT molecular complexity index is 425. The van der Waals surface area contributed by atoms with Crippen LogP contribution in [0.5, 0.6) is 0 Å². The Balaban J connectivity index is 1.91. The second-order valence-electron chi connectivity index (χ2n) is 5.20. The molecule has 2 heteroatoms. The molecule has 1 N–H and O–H groups in total. The van der Waals surface area contributed by atoms with Crippen LogP contribution in [0, 0.1) is 5.41 Å². The molecule has 90 valence electrons. The van der Waals surface area contributed by atoms with Crippen molar-refractivity contribution in [2.45, 2.75) is 44.6 Å². The molecule has 0 radical (unpaired) electrons. The third-order valence-corrected chi connectivity index (χ3v) is 4.12. The fourth-order valence-electron chi connectivity index (χ4n) is 3.25. The van der Waals surface area contributed by atoms with Gasteiger partial charge in [0.25, 0.3) is 0 Å². The van der Waals surface area contributed by atoms with Crippen molar-refractivity contribution in [3.05, 3.63) is 35.4 Å². The Kier molecular flexibility index (Phi) is 2.87. The summed E-state index contributed by atoms with van der Waals surface area (Å²) in [6.45, 7) is 1.08. The zero-order valence-electron chi connectivity index (χ0n) is 10.3. The number of hydrogen-bond donors (Lipinski definition) is 1. The van der Waals surface area contributed by atoms with Crippen LogP contribution in [-0.2, 0) is 6.42 Å². The number of nitrogens with zero attached hydrogens (tertiary/aromatic N) is 1. The van der Waals surface area contributed by atoms with Gasteiger partial charge in [-0.25, -0.2) is 0 Å². The minimum atomic E-state index is 0.479. The fourth-order valence-corrected chi connectivity index (χ4v) is 3.25. The number of fused-ring (bicyclic) bond motifs is 1. The predicted molar refractivity (Wildman–Crippen MR) is 70.4 cm³/mol. The lowest BCUT2D eigenvalue weighted by atomic mass is 9.86. The van der Waals surface area contributed by atoms with Crippen LogP contribution in [-0.4, -0.2) is 17.3 Å². The van der Waals surface area contributed by atoms with E-state index in [1.54, 1.807) is 0 Å². The van der Waals surface area contributed by atoms with Crippen molar-refractivity contribution in [2.75, 3.05) is 6.54 Å². The van der Waals surface area contributed by atoms with E-state index in [4.69, 9.17) is 5.41 Å². The van der Waals surface area contributed by atoms with Crippen LogP contribution in [0.2, 0.25) is 0 Å². The van der Waals surface area contributed by atoms with Crippen molar-refractivity contribution < 1.29 is 0 Å². The number of benzene rings is 1. The Hall–Kier alpha value is -1.31. The minimum Gasteiger partial charge on any atom is -0.354 e. The standard InChI is InChI=1S/C15H20N2/c16-15-10-3-4-11-17(15)14-9-5-7-12-6-1-2-8-13(12)14/h1-2,6,8,14,16H,3-5,7,9-11H2. The van der Waals surface area contributed by atoms with E-state index in [1.807, 2.05) is 0 Å². The summed E-state index contributed by atoms with van der Waals surface area (Å²) in [6, 6.07) is 9.29. The molecule has 17 heavy (non-hydrogen) atoms. The molecule has 1 aromatic rings. The third kappa shape index (κ3) is 1.97. The van der Waals surface area contributed by atoms with E-state index < -0.39 is 0 Å². The second-order valence-corrected chi connectivity index (χ2v) is 5.20. The van der Waals surface area contributed by atoms with E-state index in [2.05, 4.69) is 29.2 Å². The molecule has 2 aliphatic rings. The van der Waals surface area contributed by atoms with Gasteiger partial charge in [-0.2, -0.15) is 0 Å². The largest absolute Gasteiger partial charge is 0.354 e. The summed E-state index contributed by atoms with van der Waals surface area (Å²) in [4.78, 5) is 2.35. The van der Waals surface area contributed by atoms with Crippen LogP contribution >= 0.6 is 0 Å². The number of likely N-dealkylation sites (tertiary alicyclic amines) is 1. The molecule has 1 heterocycles. The van der Waals surface area contributed by atoms with Crippen molar-refractivity contribution in [2.24, 2.45) is 0 Å². The highest BCUT2D eigenvalue weighted by Crippen LogP contribution is 2.35. The summed E-state index contributed by atoms with van der Waals surface area (Å²) in [7, 11) is 0. The lowest BCUT2D eigenvalue weighted by Crippen LogP contribution is -2.39. The van der Waals surface area contributed by atoms with Gasteiger partial charge in [-0.05, 0) is 43.2 Å². The molecule has 1 unspecified atom stereocenters. The van der Waals surface area contributed by atoms with Crippen LogP contribution in [0.3, 0.4) is 0 Å². The van der Waals surface area contributed by atoms with Gasteiger partial charge in [0.05, 0.1) is 11.9 Å². The molecule has 1 aliphatic carbocycles. The van der Waals surface area contributed by atoms with E-state index >= 15 is 0 Å². The Morgan fingerprint density at radius 2 is 1.94 bits per heavy atom. The SMILES string of the molecule is N=C1CCCCN1C1CCCc2ccccc21. The van der Waals surface area contributed by atoms with Crippen molar-refractivity contribution >= 4 is 5.84 Å². The molecule has 1 fully saturated rings. The Morgan fingerprint density at radius 1 is 1.06 bits per heavy atom. The minimum absolute atomic E-state index is 0.479. The quantitative estimate of drug-likeness (QED) is 0.782. The average Bonchev–Trinajstić information content (AvgIpc) is 2.39. The van der Waals surface area contributed by atoms with Crippen LogP contribution in [0.15, 0.2) is 24.3 Å². The van der Waals surface area contributed by atoms with E-state index in [9.17, 15) is 0 Å². The van der Waals surface area contributed by atoms with Crippen molar-refractivity contribution in [1.82, 2.24) is 4.90 Å². The summed E-state index contributed by atoms with van der Waals surface area (Å²) in [5.41, 5.74) is 2.98. The van der Waals surface area contributed by atoms with E-state index in [-0.39, 0.29) is 0 Å². The van der Waals surface area contributed by atoms with Gasteiger partial charge in [0.2, 0.25) is 0 Å². The highest BCUT2D eigenvalue weighted by atomic mass is 15.2. The van der Waals surface area contributed by atoms with Crippen molar-refractivity contribution in [3.63, 3.8) is 0 Å². The van der Waals surface area contributed by atoms with Gasteiger partial charge in [-0.15, -0.1) is 0 Å². The number of aryl methyl sites for hydroxylation is 1. The first-order valence-electron chi connectivity index (χ1n) is 6.78. The maximum Gasteiger partial charge on any atom is 0.0962 e. The summed E-state index contributed by atoms with van der Waals surface area (Å²) >= 11 is 0. The first-order valence-corrected chi connectivity index (χ1v) is 6.78. The molecule has 0 spiro atoms. The molecule has 1 aromatic carbocycles. The molecule has 0 amide bonds. The molecule has 0 bridgehead atoms. The molecular weight excluding hydrogens is 208 g/mol. The van der Waals surface area contributed by atoms with Gasteiger partial charge in [0.15, 0.2) is 0 Å². The molecular formula is C15H20N2. The van der Waals surface area contributed by atoms with Gasteiger partial charge in [0.1, 0.15) is 0 Å². The van der Waals surface area contributed by atoms with Crippen molar-refractivity contribution in [3.8, 4) is 0 Å². The molecule has 1 atom stereocenters. The fraction of sp³-hybridized carbons (Fsp3) is 0.533. The third-order valence-electron chi connectivity index (χ3n) is 4.12. The summed E-state index contributed by atoms with van der Waals surface area (Å²) in [6.07, 6.45) is 7.13. The van der Waals surface area contributed by atoms with Crippen LogP contribution in [0.1, 0.15) is 49.3 Å². The van der Waals surface area contributed by atoms with Crippen molar-refractivity contribution in [1.29, 1.82) is 5.41 Å². The smallest absolute Gasteiger partial charge is 0.0962 e. The first kappa shape index (κ1) is 10.8. The van der Waals surface area contributed by atoms with E-state index in [0.29, 0.717) is 6.04 Å². The average molecular weight is 228 g/mol. The lowest BCUT2D eigenvalue weighted by Gasteiger charge is -2.39. The number of piperidine rings is 1. The highest BCUT2D eigenvalue weighted by Gasteiger charge is 2.28. The second kappa shape index (κ2) is 4.52. The number of amidine groups is 1. The molecule has 0 saturated carbocycles. The maximum absolute atomic E-state index is 8.15.